The van der Waals surface area contributed by atoms with Gasteiger partial charge in [0, 0.05) is 44.5 Å². The smallest absolute Gasteiger partial charge is 0.313 e. The number of carboxylic acids is 1. The van der Waals surface area contributed by atoms with Gasteiger partial charge in [-0.15, -0.1) is 0 Å². The minimum absolute atomic E-state index is 0.0608. The Balaban J connectivity index is 1.94. The Morgan fingerprint density at radius 2 is 1.96 bits per heavy atom. The molecule has 2 aliphatic heterocycles. The first-order chi connectivity index (χ1) is 12.9. The van der Waals surface area contributed by atoms with Crippen LogP contribution in [0.5, 0.6) is 0 Å². The molecule has 150 valence electrons. The second-order valence-electron chi connectivity index (χ2n) is 7.39. The first kappa shape index (κ1) is 19.8. The molecule has 0 spiro atoms. The van der Waals surface area contributed by atoms with Gasteiger partial charge in [-0.2, -0.15) is 4.98 Å². The molecule has 2 fully saturated rings. The molecule has 1 aromatic rings. The number of morpholine rings is 2. The van der Waals surface area contributed by atoms with E-state index in [9.17, 15) is 9.90 Å². The van der Waals surface area contributed by atoms with E-state index in [1.54, 1.807) is 20.0 Å². The van der Waals surface area contributed by atoms with Crippen molar-refractivity contribution in [3.8, 4) is 0 Å². The minimum Gasteiger partial charge on any atom is -0.481 e. The van der Waals surface area contributed by atoms with Crippen LogP contribution in [0.25, 0.3) is 0 Å². The maximum absolute atomic E-state index is 11.8. The van der Waals surface area contributed by atoms with Crippen LogP contribution in [0.15, 0.2) is 6.20 Å². The van der Waals surface area contributed by atoms with Gasteiger partial charge in [0.25, 0.3) is 0 Å². The summed E-state index contributed by atoms with van der Waals surface area (Å²) in [6.45, 7) is 7.72. The number of hydrogen-bond donors (Lipinski definition) is 2. The molecule has 27 heavy (non-hydrogen) atoms. The van der Waals surface area contributed by atoms with Gasteiger partial charge in [0.15, 0.2) is 0 Å². The highest BCUT2D eigenvalue weighted by molar-refractivity contribution is 5.82. The van der Waals surface area contributed by atoms with Crippen LogP contribution in [0, 0.1) is 0 Å². The Morgan fingerprint density at radius 3 is 2.63 bits per heavy atom. The largest absolute Gasteiger partial charge is 0.481 e. The van der Waals surface area contributed by atoms with Crippen molar-refractivity contribution in [2.24, 2.45) is 0 Å². The van der Waals surface area contributed by atoms with E-state index in [0.29, 0.717) is 69.8 Å². The maximum atomic E-state index is 11.8. The monoisotopic (exact) mass is 380 g/mol. The quantitative estimate of drug-likeness (QED) is 0.718. The molecule has 0 aliphatic carbocycles. The molecular formula is C18H28N4O5. The zero-order chi connectivity index (χ0) is 19.4. The lowest BCUT2D eigenvalue weighted by Gasteiger charge is -2.35. The zero-order valence-corrected chi connectivity index (χ0v) is 15.9. The van der Waals surface area contributed by atoms with Crippen LogP contribution in [0.4, 0.5) is 11.8 Å². The van der Waals surface area contributed by atoms with E-state index in [1.165, 1.54) is 0 Å². The molecule has 0 bridgehead atoms. The summed E-state index contributed by atoms with van der Waals surface area (Å²) in [5.41, 5.74) is -0.503. The lowest BCUT2D eigenvalue weighted by molar-refractivity contribution is -0.142. The van der Waals surface area contributed by atoms with Gasteiger partial charge >= 0.3 is 5.97 Å². The number of rotatable bonds is 6. The second kappa shape index (κ2) is 8.37. The number of aliphatic hydroxyl groups excluding tert-OH is 1. The van der Waals surface area contributed by atoms with Gasteiger partial charge in [0.2, 0.25) is 5.95 Å². The first-order valence-electron chi connectivity index (χ1n) is 9.34. The number of carbonyl (C=O) groups is 1. The lowest BCUT2D eigenvalue weighted by atomic mass is 9.85. The topological polar surface area (TPSA) is 108 Å². The molecule has 0 saturated carbocycles. The van der Waals surface area contributed by atoms with Gasteiger partial charge in [-0.25, -0.2) is 4.98 Å². The third-order valence-electron chi connectivity index (χ3n) is 5.15. The third kappa shape index (κ3) is 4.31. The predicted molar refractivity (Wildman–Crippen MR) is 99.4 cm³/mol. The zero-order valence-electron chi connectivity index (χ0n) is 15.9. The molecular weight excluding hydrogens is 352 g/mol. The number of aliphatic carboxylic acids is 1. The summed E-state index contributed by atoms with van der Waals surface area (Å²) in [5, 5.41) is 18.8. The molecule has 1 unspecified atom stereocenters. The van der Waals surface area contributed by atoms with Crippen molar-refractivity contribution in [2.45, 2.75) is 31.8 Å². The van der Waals surface area contributed by atoms with Crippen molar-refractivity contribution in [3.05, 3.63) is 11.8 Å². The first-order valence-corrected chi connectivity index (χ1v) is 9.34. The standard InChI is InChI=1S/C18H28N4O5/c1-18(2,16(24)25)14-11-19-17(20-15(14)21-4-8-26-9-5-21)22-6-10-27-13(12-22)3-7-23/h11,13,23H,3-10,12H2,1-2H3,(H,24,25). The Bertz CT molecular complexity index is 661. The Hall–Kier alpha value is -1.97. The number of aliphatic hydroxyl groups is 1. The average molecular weight is 380 g/mol. The van der Waals surface area contributed by atoms with Gasteiger partial charge in [0.1, 0.15) is 5.82 Å². The van der Waals surface area contributed by atoms with Crippen LogP contribution in [0.3, 0.4) is 0 Å². The Labute approximate surface area is 158 Å². The van der Waals surface area contributed by atoms with Gasteiger partial charge in [-0.3, -0.25) is 4.79 Å². The summed E-state index contributed by atoms with van der Waals surface area (Å²) in [6.07, 6.45) is 2.14. The number of aromatic nitrogens is 2. The highest BCUT2D eigenvalue weighted by Gasteiger charge is 2.35. The second-order valence-corrected chi connectivity index (χ2v) is 7.39. The number of ether oxygens (including phenoxy) is 2. The predicted octanol–water partition coefficient (Wildman–Crippen LogP) is 0.263. The summed E-state index contributed by atoms with van der Waals surface area (Å²) >= 11 is 0. The summed E-state index contributed by atoms with van der Waals surface area (Å²) in [6, 6.07) is 0. The summed E-state index contributed by atoms with van der Waals surface area (Å²) < 4.78 is 11.1. The van der Waals surface area contributed by atoms with Crippen LogP contribution >= 0.6 is 0 Å². The van der Waals surface area contributed by atoms with Crippen LogP contribution in [0.2, 0.25) is 0 Å². The van der Waals surface area contributed by atoms with Gasteiger partial charge in [-0.05, 0) is 20.3 Å². The molecule has 1 atom stereocenters. The van der Waals surface area contributed by atoms with Gasteiger partial charge in [0.05, 0.1) is 31.3 Å². The van der Waals surface area contributed by atoms with Crippen molar-refractivity contribution in [3.63, 3.8) is 0 Å². The highest BCUT2D eigenvalue weighted by atomic mass is 16.5. The summed E-state index contributed by atoms with van der Waals surface area (Å²) in [7, 11) is 0. The number of nitrogens with zero attached hydrogens (tertiary/aromatic N) is 4. The SMILES string of the molecule is CC(C)(C(=O)O)c1cnc(N2CCOC(CCO)C2)nc1N1CCOCC1. The van der Waals surface area contributed by atoms with Crippen molar-refractivity contribution in [1.29, 1.82) is 0 Å². The Morgan fingerprint density at radius 1 is 1.26 bits per heavy atom. The Kier molecular flexibility index (Phi) is 6.13. The maximum Gasteiger partial charge on any atom is 0.313 e. The molecule has 2 aliphatic rings. The van der Waals surface area contributed by atoms with Crippen LogP contribution in [0.1, 0.15) is 25.8 Å². The van der Waals surface area contributed by atoms with Crippen molar-refractivity contribution in [2.75, 3.05) is 62.4 Å². The van der Waals surface area contributed by atoms with E-state index in [0.717, 1.165) is 0 Å². The molecule has 0 radical (unpaired) electrons. The molecule has 0 amide bonds. The van der Waals surface area contributed by atoms with Crippen LogP contribution in [-0.2, 0) is 19.7 Å². The van der Waals surface area contributed by atoms with Crippen molar-refractivity contribution >= 4 is 17.7 Å². The molecule has 1 aromatic heterocycles. The fourth-order valence-electron chi connectivity index (χ4n) is 3.31. The number of hydrogen-bond acceptors (Lipinski definition) is 8. The van der Waals surface area contributed by atoms with Crippen molar-refractivity contribution in [1.82, 2.24) is 9.97 Å². The minimum atomic E-state index is -1.10. The fraction of sp³-hybridized carbons (Fsp3) is 0.722. The highest BCUT2D eigenvalue weighted by Crippen LogP contribution is 2.33. The van der Waals surface area contributed by atoms with Gasteiger partial charge in [-0.1, -0.05) is 0 Å². The lowest BCUT2D eigenvalue weighted by Crippen LogP contribution is -2.44. The van der Waals surface area contributed by atoms with E-state index in [1.807, 2.05) is 4.90 Å². The fourth-order valence-corrected chi connectivity index (χ4v) is 3.31. The van der Waals surface area contributed by atoms with E-state index in [2.05, 4.69) is 9.88 Å². The van der Waals surface area contributed by atoms with E-state index in [4.69, 9.17) is 19.6 Å². The summed E-state index contributed by atoms with van der Waals surface area (Å²) in [4.78, 5) is 25.2. The molecule has 2 saturated heterocycles. The third-order valence-corrected chi connectivity index (χ3v) is 5.15. The summed E-state index contributed by atoms with van der Waals surface area (Å²) in [5.74, 6) is 0.302. The van der Waals surface area contributed by atoms with Crippen molar-refractivity contribution < 1.29 is 24.5 Å². The normalized spacial score (nSPS) is 21.4. The molecule has 9 heteroatoms. The average Bonchev–Trinajstić information content (AvgIpc) is 2.68. The number of anilines is 2. The molecule has 3 rings (SSSR count). The molecule has 9 nitrogen and oxygen atoms in total. The molecule has 3 heterocycles. The molecule has 0 aromatic carbocycles. The van der Waals surface area contributed by atoms with E-state index < -0.39 is 11.4 Å². The van der Waals surface area contributed by atoms with E-state index >= 15 is 0 Å². The van der Waals surface area contributed by atoms with Gasteiger partial charge < -0.3 is 29.5 Å². The van der Waals surface area contributed by atoms with E-state index in [-0.39, 0.29) is 12.7 Å². The van der Waals surface area contributed by atoms with Crippen LogP contribution in [-0.4, -0.2) is 84.9 Å². The van der Waals surface area contributed by atoms with Crippen LogP contribution < -0.4 is 9.80 Å². The molecule has 2 N–H and O–H groups in total. The number of carboxylic acid groups (broad SMARTS) is 1.